The highest BCUT2D eigenvalue weighted by molar-refractivity contribution is 5.78. The molecule has 0 radical (unpaired) electrons. The molecule has 1 aromatic rings. The van der Waals surface area contributed by atoms with E-state index in [0.29, 0.717) is 6.54 Å². The van der Waals surface area contributed by atoms with Crippen LogP contribution in [0.2, 0.25) is 0 Å². The van der Waals surface area contributed by atoms with Gasteiger partial charge in [-0.3, -0.25) is 9.69 Å². The molecule has 1 aliphatic rings. The molecule has 0 aliphatic carbocycles. The Bertz CT molecular complexity index is 378. The third-order valence-electron chi connectivity index (χ3n) is 3.61. The Morgan fingerprint density at radius 1 is 1.72 bits per heavy atom. The SMILES string of the molecule is CNC(=O)C1CCCN(C(CN)c2ccco2)C1. The first-order chi connectivity index (χ1) is 8.76. The van der Waals surface area contributed by atoms with E-state index in [-0.39, 0.29) is 17.9 Å². The number of carbonyl (C=O) groups excluding carboxylic acids is 1. The normalized spacial score (nSPS) is 22.7. The van der Waals surface area contributed by atoms with Crippen LogP contribution >= 0.6 is 0 Å². The first-order valence-electron chi connectivity index (χ1n) is 6.45. The summed E-state index contributed by atoms with van der Waals surface area (Å²) in [6, 6.07) is 3.90. The molecule has 2 rings (SSSR count). The van der Waals surface area contributed by atoms with Crippen molar-refractivity contribution in [3.8, 4) is 0 Å². The van der Waals surface area contributed by atoms with Gasteiger partial charge in [0.25, 0.3) is 0 Å². The van der Waals surface area contributed by atoms with Crippen LogP contribution in [0, 0.1) is 5.92 Å². The lowest BCUT2D eigenvalue weighted by molar-refractivity contribution is -0.126. The van der Waals surface area contributed by atoms with E-state index in [1.807, 2.05) is 12.1 Å². The van der Waals surface area contributed by atoms with Gasteiger partial charge in [0.1, 0.15) is 5.76 Å². The van der Waals surface area contributed by atoms with Crippen molar-refractivity contribution in [1.29, 1.82) is 0 Å². The van der Waals surface area contributed by atoms with E-state index in [0.717, 1.165) is 31.7 Å². The van der Waals surface area contributed by atoms with Gasteiger partial charge in [0.2, 0.25) is 5.91 Å². The monoisotopic (exact) mass is 251 g/mol. The van der Waals surface area contributed by atoms with Gasteiger partial charge in [-0.05, 0) is 31.5 Å². The summed E-state index contributed by atoms with van der Waals surface area (Å²) in [5.74, 6) is 1.07. The number of amides is 1. The van der Waals surface area contributed by atoms with Gasteiger partial charge in [0.15, 0.2) is 0 Å². The zero-order valence-corrected chi connectivity index (χ0v) is 10.8. The molecule has 2 atom stereocenters. The highest BCUT2D eigenvalue weighted by Gasteiger charge is 2.30. The van der Waals surface area contributed by atoms with Crippen LogP contribution in [0.1, 0.15) is 24.6 Å². The first kappa shape index (κ1) is 13.1. The number of likely N-dealkylation sites (tertiary alicyclic amines) is 1. The minimum Gasteiger partial charge on any atom is -0.468 e. The number of nitrogens with zero attached hydrogens (tertiary/aromatic N) is 1. The third kappa shape index (κ3) is 2.73. The molecule has 1 fully saturated rings. The maximum absolute atomic E-state index is 11.7. The molecule has 3 N–H and O–H groups in total. The number of carbonyl (C=O) groups is 1. The standard InChI is InChI=1S/C13H21N3O2/c1-15-13(17)10-4-2-6-16(9-10)11(8-14)12-5-3-7-18-12/h3,5,7,10-11H,2,4,6,8-9,14H2,1H3,(H,15,17). The topological polar surface area (TPSA) is 71.5 Å². The second-order valence-corrected chi connectivity index (χ2v) is 4.72. The van der Waals surface area contributed by atoms with Crippen molar-refractivity contribution in [2.45, 2.75) is 18.9 Å². The van der Waals surface area contributed by atoms with Gasteiger partial charge < -0.3 is 15.5 Å². The Labute approximate surface area is 107 Å². The van der Waals surface area contributed by atoms with Gasteiger partial charge in [-0.1, -0.05) is 0 Å². The van der Waals surface area contributed by atoms with E-state index < -0.39 is 0 Å². The summed E-state index contributed by atoms with van der Waals surface area (Å²) in [4.78, 5) is 14.0. The van der Waals surface area contributed by atoms with Crippen molar-refractivity contribution < 1.29 is 9.21 Å². The molecular formula is C13H21N3O2. The Morgan fingerprint density at radius 2 is 2.56 bits per heavy atom. The molecule has 1 amide bonds. The van der Waals surface area contributed by atoms with Crippen molar-refractivity contribution in [2.24, 2.45) is 11.7 Å². The van der Waals surface area contributed by atoms with Gasteiger partial charge >= 0.3 is 0 Å². The molecule has 1 aromatic heterocycles. The van der Waals surface area contributed by atoms with Crippen LogP contribution in [0.4, 0.5) is 0 Å². The van der Waals surface area contributed by atoms with Crippen molar-refractivity contribution in [2.75, 3.05) is 26.7 Å². The minimum atomic E-state index is 0.0627. The second kappa shape index (κ2) is 6.02. The summed E-state index contributed by atoms with van der Waals surface area (Å²) in [7, 11) is 1.69. The molecular weight excluding hydrogens is 230 g/mol. The maximum Gasteiger partial charge on any atom is 0.224 e. The Balaban J connectivity index is 2.05. The third-order valence-corrected chi connectivity index (χ3v) is 3.61. The van der Waals surface area contributed by atoms with Crippen LogP contribution in [0.3, 0.4) is 0 Å². The molecule has 0 aromatic carbocycles. The van der Waals surface area contributed by atoms with E-state index in [9.17, 15) is 4.79 Å². The lowest BCUT2D eigenvalue weighted by atomic mass is 9.95. The van der Waals surface area contributed by atoms with Gasteiger partial charge in [-0.2, -0.15) is 0 Å². The molecule has 2 heterocycles. The molecule has 100 valence electrons. The molecule has 0 bridgehead atoms. The number of nitrogens with two attached hydrogens (primary N) is 1. The Hall–Kier alpha value is -1.33. The highest BCUT2D eigenvalue weighted by Crippen LogP contribution is 2.26. The van der Waals surface area contributed by atoms with E-state index in [2.05, 4.69) is 10.2 Å². The molecule has 1 aliphatic heterocycles. The predicted octanol–water partition coefficient (Wildman–Crippen LogP) is 0.737. The van der Waals surface area contributed by atoms with Crippen molar-refractivity contribution in [1.82, 2.24) is 10.2 Å². The fourth-order valence-corrected chi connectivity index (χ4v) is 2.63. The summed E-state index contributed by atoms with van der Waals surface area (Å²) in [6.07, 6.45) is 3.64. The summed E-state index contributed by atoms with van der Waals surface area (Å²) >= 11 is 0. The van der Waals surface area contributed by atoms with E-state index in [1.54, 1.807) is 13.3 Å². The van der Waals surface area contributed by atoms with Crippen LogP contribution in [0.5, 0.6) is 0 Å². The van der Waals surface area contributed by atoms with Crippen molar-refractivity contribution >= 4 is 5.91 Å². The number of hydrogen-bond donors (Lipinski definition) is 2. The lowest BCUT2D eigenvalue weighted by Crippen LogP contribution is -2.45. The molecule has 2 unspecified atom stereocenters. The van der Waals surface area contributed by atoms with E-state index >= 15 is 0 Å². The smallest absolute Gasteiger partial charge is 0.224 e. The molecule has 0 saturated carbocycles. The van der Waals surface area contributed by atoms with Crippen molar-refractivity contribution in [3.63, 3.8) is 0 Å². The Morgan fingerprint density at radius 3 is 3.17 bits per heavy atom. The first-order valence-corrected chi connectivity index (χ1v) is 6.45. The van der Waals surface area contributed by atoms with Crippen LogP contribution in [0.15, 0.2) is 22.8 Å². The summed E-state index contributed by atoms with van der Waals surface area (Å²) in [6.45, 7) is 2.23. The number of furan rings is 1. The number of hydrogen-bond acceptors (Lipinski definition) is 4. The number of rotatable bonds is 4. The predicted molar refractivity (Wildman–Crippen MR) is 68.9 cm³/mol. The van der Waals surface area contributed by atoms with E-state index in [4.69, 9.17) is 10.2 Å². The van der Waals surface area contributed by atoms with Crippen LogP contribution < -0.4 is 11.1 Å². The van der Waals surface area contributed by atoms with Crippen LogP contribution in [-0.2, 0) is 4.79 Å². The van der Waals surface area contributed by atoms with Crippen LogP contribution in [-0.4, -0.2) is 37.5 Å². The maximum atomic E-state index is 11.7. The van der Waals surface area contributed by atoms with Gasteiger partial charge in [-0.15, -0.1) is 0 Å². The molecule has 18 heavy (non-hydrogen) atoms. The zero-order valence-electron chi connectivity index (χ0n) is 10.8. The van der Waals surface area contributed by atoms with Crippen LogP contribution in [0.25, 0.3) is 0 Å². The van der Waals surface area contributed by atoms with Crippen molar-refractivity contribution in [3.05, 3.63) is 24.2 Å². The van der Waals surface area contributed by atoms with Gasteiger partial charge in [0, 0.05) is 20.1 Å². The average Bonchev–Trinajstić information content (AvgIpc) is 2.93. The number of nitrogens with one attached hydrogen (secondary N) is 1. The molecule has 1 saturated heterocycles. The van der Waals surface area contributed by atoms with Gasteiger partial charge in [0.05, 0.1) is 18.2 Å². The Kier molecular flexibility index (Phi) is 4.38. The van der Waals surface area contributed by atoms with Gasteiger partial charge in [-0.25, -0.2) is 0 Å². The molecule has 0 spiro atoms. The quantitative estimate of drug-likeness (QED) is 0.828. The zero-order chi connectivity index (χ0) is 13.0. The molecule has 5 heteroatoms. The lowest BCUT2D eigenvalue weighted by Gasteiger charge is -2.36. The average molecular weight is 251 g/mol. The summed E-state index contributed by atoms with van der Waals surface area (Å²) in [5.41, 5.74) is 5.85. The molecule has 5 nitrogen and oxygen atoms in total. The number of piperidine rings is 1. The summed E-state index contributed by atoms with van der Waals surface area (Å²) < 4.78 is 5.44. The van der Waals surface area contributed by atoms with E-state index in [1.165, 1.54) is 0 Å². The fourth-order valence-electron chi connectivity index (χ4n) is 2.63. The largest absolute Gasteiger partial charge is 0.468 e. The minimum absolute atomic E-state index is 0.0627. The summed E-state index contributed by atoms with van der Waals surface area (Å²) in [5, 5.41) is 2.73. The highest BCUT2D eigenvalue weighted by atomic mass is 16.3. The fraction of sp³-hybridized carbons (Fsp3) is 0.615. The second-order valence-electron chi connectivity index (χ2n) is 4.72.